The highest BCUT2D eigenvalue weighted by molar-refractivity contribution is 6.04. The van der Waals surface area contributed by atoms with Crippen molar-refractivity contribution in [3.8, 4) is 0 Å². The van der Waals surface area contributed by atoms with Crippen LogP contribution < -0.4 is 10.6 Å². The second kappa shape index (κ2) is 10.1. The van der Waals surface area contributed by atoms with Gasteiger partial charge in [0.2, 0.25) is 11.8 Å². The Morgan fingerprint density at radius 1 is 0.710 bits per heavy atom. The lowest BCUT2D eigenvalue weighted by atomic mass is 10.1. The Morgan fingerprint density at radius 2 is 1.19 bits per heavy atom. The molecule has 0 spiro atoms. The molecule has 0 fully saturated rings. The van der Waals surface area contributed by atoms with E-state index in [1.165, 1.54) is 36.4 Å². The molecule has 3 aromatic carbocycles. The maximum absolute atomic E-state index is 12.9. The van der Waals surface area contributed by atoms with Crippen LogP contribution in [0.1, 0.15) is 16.7 Å². The molecule has 2 amide bonds. The minimum absolute atomic E-state index is 0.344. The van der Waals surface area contributed by atoms with Crippen LogP contribution in [-0.2, 0) is 9.59 Å². The maximum atomic E-state index is 12.9. The highest BCUT2D eigenvalue weighted by Crippen LogP contribution is 2.20. The predicted molar refractivity (Wildman–Crippen MR) is 119 cm³/mol. The van der Waals surface area contributed by atoms with Crippen LogP contribution in [0.25, 0.3) is 12.2 Å². The first kappa shape index (κ1) is 21.6. The van der Waals surface area contributed by atoms with Gasteiger partial charge in [-0.1, -0.05) is 30.3 Å². The van der Waals surface area contributed by atoms with Gasteiger partial charge in [0, 0.05) is 23.5 Å². The molecule has 0 heterocycles. The number of carbonyl (C=O) groups excluding carboxylic acids is 2. The molecule has 0 atom stereocenters. The third-order valence-electron chi connectivity index (χ3n) is 4.36. The zero-order valence-corrected chi connectivity index (χ0v) is 16.7. The molecule has 0 unspecified atom stereocenters. The molecule has 0 aliphatic carbocycles. The summed E-state index contributed by atoms with van der Waals surface area (Å²) in [5.74, 6) is -1.40. The molecule has 2 N–H and O–H groups in total. The average molecular weight is 418 g/mol. The highest BCUT2D eigenvalue weighted by Gasteiger charge is 2.05. The van der Waals surface area contributed by atoms with Gasteiger partial charge >= 0.3 is 0 Å². The quantitative estimate of drug-likeness (QED) is 0.514. The van der Waals surface area contributed by atoms with Gasteiger partial charge in [-0.05, 0) is 72.2 Å². The van der Waals surface area contributed by atoms with E-state index >= 15 is 0 Å². The molecule has 0 saturated carbocycles. The normalized spacial score (nSPS) is 11.1. The zero-order chi connectivity index (χ0) is 22.2. The largest absolute Gasteiger partial charge is 0.322 e. The van der Waals surface area contributed by atoms with Crippen molar-refractivity contribution < 1.29 is 18.4 Å². The van der Waals surface area contributed by atoms with Crippen LogP contribution in [0.5, 0.6) is 0 Å². The summed E-state index contributed by atoms with van der Waals surface area (Å²) >= 11 is 0. The minimum Gasteiger partial charge on any atom is -0.322 e. The second-order valence-corrected chi connectivity index (χ2v) is 6.78. The van der Waals surface area contributed by atoms with E-state index in [-0.39, 0.29) is 23.4 Å². The van der Waals surface area contributed by atoms with Gasteiger partial charge in [-0.15, -0.1) is 0 Å². The van der Waals surface area contributed by atoms with Crippen molar-refractivity contribution in [1.29, 1.82) is 0 Å². The molecule has 0 aromatic heterocycles. The summed E-state index contributed by atoms with van der Waals surface area (Å²) < 4.78 is 25.9. The molecule has 0 bridgehead atoms. The van der Waals surface area contributed by atoms with Crippen molar-refractivity contribution >= 4 is 35.3 Å². The molecule has 3 rings (SSSR count). The monoisotopic (exact) mass is 418 g/mol. The van der Waals surface area contributed by atoms with Crippen LogP contribution in [-0.4, -0.2) is 11.8 Å². The van der Waals surface area contributed by atoms with Crippen molar-refractivity contribution in [1.82, 2.24) is 0 Å². The van der Waals surface area contributed by atoms with Crippen molar-refractivity contribution in [2.24, 2.45) is 0 Å². The van der Waals surface area contributed by atoms with Crippen molar-refractivity contribution in [2.45, 2.75) is 6.92 Å². The third-order valence-corrected chi connectivity index (χ3v) is 4.36. The Bertz CT molecular complexity index is 1140. The molecule has 0 saturated heterocycles. The van der Waals surface area contributed by atoms with Crippen LogP contribution in [0.4, 0.5) is 20.2 Å². The fourth-order valence-electron chi connectivity index (χ4n) is 2.68. The van der Waals surface area contributed by atoms with Gasteiger partial charge in [0.25, 0.3) is 0 Å². The van der Waals surface area contributed by atoms with E-state index in [9.17, 15) is 18.4 Å². The highest BCUT2D eigenvalue weighted by atomic mass is 19.1. The SMILES string of the molecule is Cc1ccc(NC(=O)C=Cc2ccc(F)cc2)cc1NC(=O)C=Cc1ccc(F)cc1. The summed E-state index contributed by atoms with van der Waals surface area (Å²) in [7, 11) is 0. The summed E-state index contributed by atoms with van der Waals surface area (Å²) in [6, 6.07) is 16.7. The molecule has 3 aromatic rings. The van der Waals surface area contributed by atoms with Gasteiger partial charge in [0.1, 0.15) is 11.6 Å². The molecule has 4 nitrogen and oxygen atoms in total. The summed E-state index contributed by atoms with van der Waals surface area (Å²) in [6.07, 6.45) is 5.85. The van der Waals surface area contributed by atoms with Crippen LogP contribution in [0.2, 0.25) is 0 Å². The van der Waals surface area contributed by atoms with Gasteiger partial charge < -0.3 is 10.6 Å². The van der Waals surface area contributed by atoms with Crippen molar-refractivity contribution in [2.75, 3.05) is 10.6 Å². The molecular weight excluding hydrogens is 398 g/mol. The number of amides is 2. The topological polar surface area (TPSA) is 58.2 Å². The van der Waals surface area contributed by atoms with Gasteiger partial charge in [-0.3, -0.25) is 9.59 Å². The number of halogens is 2. The summed E-state index contributed by atoms with van der Waals surface area (Å²) in [5, 5.41) is 5.49. The number of rotatable bonds is 6. The van der Waals surface area contributed by atoms with E-state index in [0.29, 0.717) is 22.5 Å². The Kier molecular flexibility index (Phi) is 7.06. The molecule has 0 aliphatic rings. The Labute approximate surface area is 178 Å². The van der Waals surface area contributed by atoms with Gasteiger partial charge in [0.05, 0.1) is 0 Å². The number of aryl methyl sites for hydroxylation is 1. The fourth-order valence-corrected chi connectivity index (χ4v) is 2.68. The summed E-state index contributed by atoms with van der Waals surface area (Å²) in [4.78, 5) is 24.4. The first-order valence-corrected chi connectivity index (χ1v) is 9.49. The third kappa shape index (κ3) is 6.75. The molecule has 0 radical (unpaired) electrons. The van der Waals surface area contributed by atoms with Crippen molar-refractivity contribution in [3.05, 3.63) is 107 Å². The first-order valence-electron chi connectivity index (χ1n) is 9.49. The van der Waals surface area contributed by atoms with Gasteiger partial charge in [-0.2, -0.15) is 0 Å². The van der Waals surface area contributed by atoms with E-state index in [0.717, 1.165) is 5.56 Å². The number of hydrogen-bond donors (Lipinski definition) is 2. The molecule has 156 valence electrons. The fraction of sp³-hybridized carbons (Fsp3) is 0.0400. The predicted octanol–water partition coefficient (Wildman–Crippen LogP) is 5.58. The molecule has 31 heavy (non-hydrogen) atoms. The zero-order valence-electron chi connectivity index (χ0n) is 16.7. The number of nitrogens with one attached hydrogen (secondary N) is 2. The summed E-state index contributed by atoms with van der Waals surface area (Å²) in [5.41, 5.74) is 3.28. The lowest BCUT2D eigenvalue weighted by Gasteiger charge is -2.10. The first-order chi connectivity index (χ1) is 14.9. The van der Waals surface area contributed by atoms with Gasteiger partial charge in [0.15, 0.2) is 0 Å². The van der Waals surface area contributed by atoms with Crippen LogP contribution >= 0.6 is 0 Å². The molecule has 6 heteroatoms. The standard InChI is InChI=1S/C25H20F2N2O2/c1-17-2-13-22(28-24(30)14-7-18-3-9-20(26)10-4-18)16-23(17)29-25(31)15-8-19-5-11-21(27)12-6-19/h2-16H,1H3,(H,28,30)(H,29,31). The van der Waals surface area contributed by atoms with E-state index in [1.54, 1.807) is 54.6 Å². The lowest BCUT2D eigenvalue weighted by Crippen LogP contribution is -2.11. The smallest absolute Gasteiger partial charge is 0.248 e. The van der Waals surface area contributed by atoms with E-state index in [4.69, 9.17) is 0 Å². The van der Waals surface area contributed by atoms with Crippen LogP contribution in [0.15, 0.2) is 78.9 Å². The van der Waals surface area contributed by atoms with E-state index < -0.39 is 0 Å². The Balaban J connectivity index is 1.62. The Morgan fingerprint density at radius 3 is 1.71 bits per heavy atom. The number of benzene rings is 3. The molecular formula is C25H20F2N2O2. The van der Waals surface area contributed by atoms with Crippen LogP contribution in [0.3, 0.4) is 0 Å². The number of carbonyl (C=O) groups is 2. The van der Waals surface area contributed by atoms with E-state index in [1.807, 2.05) is 6.92 Å². The van der Waals surface area contributed by atoms with Gasteiger partial charge in [-0.25, -0.2) is 8.78 Å². The van der Waals surface area contributed by atoms with E-state index in [2.05, 4.69) is 10.6 Å². The average Bonchev–Trinajstić information content (AvgIpc) is 2.75. The van der Waals surface area contributed by atoms with Crippen LogP contribution in [0, 0.1) is 18.6 Å². The lowest BCUT2D eigenvalue weighted by molar-refractivity contribution is -0.112. The summed E-state index contributed by atoms with van der Waals surface area (Å²) in [6.45, 7) is 1.83. The van der Waals surface area contributed by atoms with Crippen molar-refractivity contribution in [3.63, 3.8) is 0 Å². The molecule has 0 aliphatic heterocycles. The number of hydrogen-bond acceptors (Lipinski definition) is 2. The number of anilines is 2. The second-order valence-electron chi connectivity index (χ2n) is 6.78. The Hall–Kier alpha value is -4.06. The maximum Gasteiger partial charge on any atom is 0.248 e. The minimum atomic E-state index is -0.360.